The average Bonchev–Trinajstić information content (AvgIpc) is 2.40. The van der Waals surface area contributed by atoms with Crippen LogP contribution in [-0.2, 0) is 0 Å². The molecular weight excluding hydrogens is 235 g/mol. The molecule has 18 heavy (non-hydrogen) atoms. The summed E-state index contributed by atoms with van der Waals surface area (Å²) < 4.78 is 18.4. The summed E-state index contributed by atoms with van der Waals surface area (Å²) in [7, 11) is 1.52. The van der Waals surface area contributed by atoms with Crippen molar-refractivity contribution < 1.29 is 14.2 Å². The lowest BCUT2D eigenvalue weighted by Crippen LogP contribution is -2.45. The van der Waals surface area contributed by atoms with E-state index in [0.717, 1.165) is 26.2 Å². The molecule has 2 rings (SSSR count). The molecule has 1 aromatic carbocycles. The number of nitrogens with zero attached hydrogens (tertiary/aromatic N) is 1. The first kappa shape index (κ1) is 13.3. The van der Waals surface area contributed by atoms with Crippen molar-refractivity contribution in [2.45, 2.75) is 6.10 Å². The van der Waals surface area contributed by atoms with Crippen molar-refractivity contribution >= 4 is 0 Å². The Morgan fingerprint density at radius 1 is 1.44 bits per heavy atom. The molecule has 1 saturated heterocycles. The molecule has 1 heterocycles. The van der Waals surface area contributed by atoms with Crippen LogP contribution in [0.4, 0.5) is 4.39 Å². The van der Waals surface area contributed by atoms with Crippen molar-refractivity contribution in [2.24, 2.45) is 0 Å². The number of halogens is 1. The smallest absolute Gasteiger partial charge is 0.124 e. The molecule has 0 spiro atoms. The van der Waals surface area contributed by atoms with Gasteiger partial charge in [-0.3, -0.25) is 4.90 Å². The van der Waals surface area contributed by atoms with Crippen LogP contribution in [0.25, 0.3) is 0 Å². The molecule has 1 atom stereocenters. The fourth-order valence-electron chi connectivity index (χ4n) is 2.20. The molecule has 1 aliphatic heterocycles. The number of hydrogen-bond acceptors (Lipinski definition) is 4. The SMILES string of the molecule is COc1ccc(F)cc1C(O)CN1CCNCC1. The Kier molecular flexibility index (Phi) is 4.52. The molecule has 100 valence electrons. The van der Waals surface area contributed by atoms with Gasteiger partial charge in [0, 0.05) is 38.3 Å². The van der Waals surface area contributed by atoms with E-state index in [0.29, 0.717) is 17.9 Å². The van der Waals surface area contributed by atoms with Gasteiger partial charge >= 0.3 is 0 Å². The van der Waals surface area contributed by atoms with E-state index in [1.54, 1.807) is 6.07 Å². The number of aliphatic hydroxyl groups is 1. The molecule has 1 aliphatic rings. The highest BCUT2D eigenvalue weighted by Crippen LogP contribution is 2.26. The average molecular weight is 254 g/mol. The molecule has 0 saturated carbocycles. The van der Waals surface area contributed by atoms with Gasteiger partial charge in [-0.25, -0.2) is 4.39 Å². The van der Waals surface area contributed by atoms with E-state index in [1.807, 2.05) is 0 Å². The summed E-state index contributed by atoms with van der Waals surface area (Å²) in [6.45, 7) is 4.14. The molecule has 0 aliphatic carbocycles. The van der Waals surface area contributed by atoms with Gasteiger partial charge in [0.15, 0.2) is 0 Å². The first-order valence-corrected chi connectivity index (χ1v) is 6.15. The molecular formula is C13H19FN2O2. The first-order chi connectivity index (χ1) is 8.70. The van der Waals surface area contributed by atoms with Crippen molar-refractivity contribution in [3.63, 3.8) is 0 Å². The Hall–Kier alpha value is -1.17. The van der Waals surface area contributed by atoms with Crippen LogP contribution in [0.2, 0.25) is 0 Å². The number of β-amino-alcohol motifs (C(OH)–C–C–N with tert-alkyl or cyclic N) is 1. The normalized spacial score (nSPS) is 18.6. The van der Waals surface area contributed by atoms with Gasteiger partial charge in [-0.1, -0.05) is 0 Å². The highest BCUT2D eigenvalue weighted by atomic mass is 19.1. The lowest BCUT2D eigenvalue weighted by molar-refractivity contribution is 0.103. The fourth-order valence-corrected chi connectivity index (χ4v) is 2.20. The maximum absolute atomic E-state index is 13.2. The van der Waals surface area contributed by atoms with Crippen molar-refractivity contribution in [3.8, 4) is 5.75 Å². The molecule has 0 radical (unpaired) electrons. The number of hydrogen-bond donors (Lipinski definition) is 2. The second-order valence-electron chi connectivity index (χ2n) is 4.45. The largest absolute Gasteiger partial charge is 0.496 e. The number of methoxy groups -OCH3 is 1. The van der Waals surface area contributed by atoms with E-state index in [-0.39, 0.29) is 5.82 Å². The minimum Gasteiger partial charge on any atom is -0.496 e. The molecule has 1 aromatic rings. The van der Waals surface area contributed by atoms with Crippen LogP contribution in [0, 0.1) is 5.82 Å². The van der Waals surface area contributed by atoms with E-state index in [9.17, 15) is 9.50 Å². The Labute approximate surface area is 106 Å². The molecule has 0 amide bonds. The fraction of sp³-hybridized carbons (Fsp3) is 0.538. The highest BCUT2D eigenvalue weighted by Gasteiger charge is 2.19. The van der Waals surface area contributed by atoms with Gasteiger partial charge in [0.05, 0.1) is 13.2 Å². The molecule has 4 nitrogen and oxygen atoms in total. The third-order valence-corrected chi connectivity index (χ3v) is 3.19. The maximum atomic E-state index is 13.2. The number of benzene rings is 1. The van der Waals surface area contributed by atoms with Crippen molar-refractivity contribution in [1.82, 2.24) is 10.2 Å². The topological polar surface area (TPSA) is 44.7 Å². The third kappa shape index (κ3) is 3.19. The van der Waals surface area contributed by atoms with Crippen LogP contribution < -0.4 is 10.1 Å². The Bertz CT molecular complexity index is 395. The summed E-state index contributed by atoms with van der Waals surface area (Å²) in [5.74, 6) is 0.171. The predicted molar refractivity (Wildman–Crippen MR) is 67.2 cm³/mol. The second-order valence-corrected chi connectivity index (χ2v) is 4.45. The number of nitrogens with one attached hydrogen (secondary N) is 1. The van der Waals surface area contributed by atoms with Gasteiger partial charge in [0.1, 0.15) is 11.6 Å². The predicted octanol–water partition coefficient (Wildman–Crippen LogP) is 0.773. The van der Waals surface area contributed by atoms with Gasteiger partial charge in [0.25, 0.3) is 0 Å². The zero-order chi connectivity index (χ0) is 13.0. The molecule has 1 unspecified atom stereocenters. The van der Waals surface area contributed by atoms with E-state index >= 15 is 0 Å². The van der Waals surface area contributed by atoms with Crippen LogP contribution in [0.15, 0.2) is 18.2 Å². The number of aliphatic hydroxyl groups excluding tert-OH is 1. The Morgan fingerprint density at radius 2 is 2.17 bits per heavy atom. The van der Waals surface area contributed by atoms with E-state index in [4.69, 9.17) is 4.74 Å². The number of ether oxygens (including phenoxy) is 1. The van der Waals surface area contributed by atoms with Crippen LogP contribution in [-0.4, -0.2) is 49.8 Å². The maximum Gasteiger partial charge on any atom is 0.124 e. The molecule has 1 fully saturated rings. The zero-order valence-electron chi connectivity index (χ0n) is 10.5. The van der Waals surface area contributed by atoms with Crippen molar-refractivity contribution in [3.05, 3.63) is 29.6 Å². The van der Waals surface area contributed by atoms with Gasteiger partial charge in [0.2, 0.25) is 0 Å². The van der Waals surface area contributed by atoms with Crippen molar-refractivity contribution in [1.29, 1.82) is 0 Å². The van der Waals surface area contributed by atoms with Gasteiger partial charge < -0.3 is 15.2 Å². The number of rotatable bonds is 4. The van der Waals surface area contributed by atoms with Gasteiger partial charge in [-0.2, -0.15) is 0 Å². The summed E-state index contributed by atoms with van der Waals surface area (Å²) in [5.41, 5.74) is 0.510. The molecule has 0 bridgehead atoms. The van der Waals surface area contributed by atoms with Crippen LogP contribution in [0.5, 0.6) is 5.75 Å². The highest BCUT2D eigenvalue weighted by molar-refractivity contribution is 5.35. The summed E-state index contributed by atoms with van der Waals surface area (Å²) in [6, 6.07) is 4.22. The van der Waals surface area contributed by atoms with Crippen molar-refractivity contribution in [2.75, 3.05) is 39.8 Å². The van der Waals surface area contributed by atoms with E-state index in [2.05, 4.69) is 10.2 Å². The lowest BCUT2D eigenvalue weighted by Gasteiger charge is -2.29. The summed E-state index contributed by atoms with van der Waals surface area (Å²) in [6.07, 6.45) is -0.728. The summed E-state index contributed by atoms with van der Waals surface area (Å²) in [4.78, 5) is 2.16. The summed E-state index contributed by atoms with van der Waals surface area (Å²) >= 11 is 0. The minimum absolute atomic E-state index is 0.356. The minimum atomic E-state index is -0.728. The van der Waals surface area contributed by atoms with Crippen LogP contribution in [0.3, 0.4) is 0 Å². The Morgan fingerprint density at radius 3 is 2.83 bits per heavy atom. The quantitative estimate of drug-likeness (QED) is 0.833. The first-order valence-electron chi connectivity index (χ1n) is 6.15. The second kappa shape index (κ2) is 6.13. The van der Waals surface area contributed by atoms with Crippen LogP contribution in [0.1, 0.15) is 11.7 Å². The standard InChI is InChI=1S/C13H19FN2O2/c1-18-13-3-2-10(14)8-11(13)12(17)9-16-6-4-15-5-7-16/h2-3,8,12,15,17H,4-7,9H2,1H3. The van der Waals surface area contributed by atoms with Gasteiger partial charge in [-0.05, 0) is 18.2 Å². The monoisotopic (exact) mass is 254 g/mol. The zero-order valence-corrected chi connectivity index (χ0v) is 10.5. The third-order valence-electron chi connectivity index (χ3n) is 3.19. The summed E-state index contributed by atoms with van der Waals surface area (Å²) in [5, 5.41) is 13.5. The Balaban J connectivity index is 2.07. The van der Waals surface area contributed by atoms with Gasteiger partial charge in [-0.15, -0.1) is 0 Å². The van der Waals surface area contributed by atoms with E-state index < -0.39 is 6.10 Å². The molecule has 0 aromatic heterocycles. The lowest BCUT2D eigenvalue weighted by atomic mass is 10.1. The number of piperazine rings is 1. The van der Waals surface area contributed by atoms with E-state index in [1.165, 1.54) is 19.2 Å². The molecule has 2 N–H and O–H groups in total. The van der Waals surface area contributed by atoms with Crippen LogP contribution >= 0.6 is 0 Å². The molecule has 5 heteroatoms.